The van der Waals surface area contributed by atoms with Crippen LogP contribution in [0, 0.1) is 5.92 Å². The van der Waals surface area contributed by atoms with Gasteiger partial charge in [0.25, 0.3) is 0 Å². The van der Waals surface area contributed by atoms with Crippen molar-refractivity contribution in [1.82, 2.24) is 10.2 Å². The Morgan fingerprint density at radius 3 is 2.87 bits per heavy atom. The Labute approximate surface area is 96.7 Å². The Morgan fingerprint density at radius 2 is 2.27 bits per heavy atom. The molecule has 0 aromatic heterocycles. The number of rotatable bonds is 4. The fourth-order valence-corrected chi connectivity index (χ4v) is 3.31. The summed E-state index contributed by atoms with van der Waals surface area (Å²) in [4.78, 5) is 6.78. The Hall–Kier alpha value is -0.220. The maximum absolute atomic E-state index is 4.58. The van der Waals surface area contributed by atoms with Crippen LogP contribution >= 0.6 is 11.8 Å². The third kappa shape index (κ3) is 3.38. The van der Waals surface area contributed by atoms with E-state index in [9.17, 15) is 0 Å². The monoisotopic (exact) mass is 227 g/mol. The highest BCUT2D eigenvalue weighted by molar-refractivity contribution is 8.14. The van der Waals surface area contributed by atoms with Gasteiger partial charge in [-0.2, -0.15) is 0 Å². The van der Waals surface area contributed by atoms with Crippen molar-refractivity contribution in [3.8, 4) is 0 Å². The summed E-state index contributed by atoms with van der Waals surface area (Å²) in [7, 11) is 4.21. The van der Waals surface area contributed by atoms with E-state index in [-0.39, 0.29) is 0 Å². The van der Waals surface area contributed by atoms with Crippen molar-refractivity contribution in [3.05, 3.63) is 0 Å². The van der Waals surface area contributed by atoms with Crippen LogP contribution < -0.4 is 5.32 Å². The highest BCUT2D eigenvalue weighted by Gasteiger charge is 2.35. The molecule has 0 amide bonds. The summed E-state index contributed by atoms with van der Waals surface area (Å²) >= 11 is 1.96. The molecule has 0 aromatic rings. The summed E-state index contributed by atoms with van der Waals surface area (Å²) < 4.78 is 0. The first-order chi connectivity index (χ1) is 7.15. The number of nitrogens with one attached hydrogen (secondary N) is 1. The van der Waals surface area contributed by atoms with Crippen molar-refractivity contribution in [2.24, 2.45) is 10.9 Å². The van der Waals surface area contributed by atoms with Crippen LogP contribution in [0.3, 0.4) is 0 Å². The van der Waals surface area contributed by atoms with Crippen LogP contribution in [0.4, 0.5) is 0 Å². The fraction of sp³-hybridized carbons (Fsp3) is 0.909. The molecule has 0 bridgehead atoms. The lowest BCUT2D eigenvalue weighted by atomic mass is 10.3. The Kier molecular flexibility index (Phi) is 3.57. The molecule has 2 rings (SSSR count). The van der Waals surface area contributed by atoms with Gasteiger partial charge in [0.2, 0.25) is 0 Å². The fourth-order valence-electron chi connectivity index (χ4n) is 1.99. The molecule has 0 spiro atoms. The summed E-state index contributed by atoms with van der Waals surface area (Å²) in [6, 6.07) is 0.490. The van der Waals surface area contributed by atoms with Gasteiger partial charge >= 0.3 is 0 Å². The molecular formula is C11H21N3S. The number of likely N-dealkylation sites (N-methyl/N-ethyl adjacent to an activating group) is 1. The summed E-state index contributed by atoms with van der Waals surface area (Å²) in [6.07, 6.45) is 2.85. The number of aliphatic imine (C=N–C) groups is 1. The molecular weight excluding hydrogens is 206 g/mol. The van der Waals surface area contributed by atoms with Crippen LogP contribution in [0.25, 0.3) is 0 Å². The largest absolute Gasteiger partial charge is 0.361 e. The van der Waals surface area contributed by atoms with Crippen molar-refractivity contribution in [3.63, 3.8) is 0 Å². The smallest absolute Gasteiger partial charge is 0.157 e. The Morgan fingerprint density at radius 1 is 1.53 bits per heavy atom. The molecule has 1 saturated carbocycles. The molecule has 4 heteroatoms. The Balaban J connectivity index is 1.71. The minimum absolute atomic E-state index is 0.490. The first-order valence-electron chi connectivity index (χ1n) is 5.77. The molecule has 3 nitrogen and oxygen atoms in total. The van der Waals surface area contributed by atoms with Crippen LogP contribution in [-0.4, -0.2) is 48.5 Å². The number of hydrogen-bond donors (Lipinski definition) is 1. The summed E-state index contributed by atoms with van der Waals surface area (Å²) in [5.74, 6) is 0.960. The van der Waals surface area contributed by atoms with Crippen LogP contribution in [0.1, 0.15) is 19.8 Å². The molecule has 0 radical (unpaired) electrons. The molecule has 2 aliphatic rings. The van der Waals surface area contributed by atoms with Crippen LogP contribution in [-0.2, 0) is 0 Å². The maximum Gasteiger partial charge on any atom is 0.157 e. The van der Waals surface area contributed by atoms with Gasteiger partial charge in [0.15, 0.2) is 5.17 Å². The molecule has 2 atom stereocenters. The zero-order valence-electron chi connectivity index (χ0n) is 9.86. The lowest BCUT2D eigenvalue weighted by Crippen LogP contribution is -2.38. The second-order valence-corrected chi connectivity index (χ2v) is 6.18. The van der Waals surface area contributed by atoms with Gasteiger partial charge < -0.3 is 10.2 Å². The number of thioether (sulfide) groups is 1. The highest BCUT2D eigenvalue weighted by atomic mass is 32.2. The third-order valence-electron chi connectivity index (χ3n) is 2.83. The molecule has 2 unspecified atom stereocenters. The van der Waals surface area contributed by atoms with Gasteiger partial charge in [0.05, 0.1) is 6.54 Å². The van der Waals surface area contributed by atoms with Crippen molar-refractivity contribution in [1.29, 1.82) is 0 Å². The Bertz CT molecular complexity index is 248. The topological polar surface area (TPSA) is 27.6 Å². The molecule has 1 fully saturated rings. The number of hydrogen-bond acceptors (Lipinski definition) is 4. The van der Waals surface area contributed by atoms with Gasteiger partial charge in [0.1, 0.15) is 0 Å². The van der Waals surface area contributed by atoms with Crippen molar-refractivity contribution in [2.75, 3.05) is 27.2 Å². The molecule has 1 aliphatic heterocycles. The SMILES string of the molecule is CC(CN(C)C)NC1=NCC(C2CC2)S1. The van der Waals surface area contributed by atoms with Crippen molar-refractivity contribution >= 4 is 16.9 Å². The van der Waals surface area contributed by atoms with E-state index in [1.165, 1.54) is 18.0 Å². The van der Waals surface area contributed by atoms with Gasteiger partial charge in [-0.1, -0.05) is 11.8 Å². The van der Waals surface area contributed by atoms with Gasteiger partial charge in [0, 0.05) is 17.8 Å². The van der Waals surface area contributed by atoms with E-state index >= 15 is 0 Å². The van der Waals surface area contributed by atoms with Crippen LogP contribution in [0.2, 0.25) is 0 Å². The summed E-state index contributed by atoms with van der Waals surface area (Å²) in [5, 5.41) is 5.44. The zero-order chi connectivity index (χ0) is 10.8. The lowest BCUT2D eigenvalue weighted by Gasteiger charge is -2.19. The molecule has 0 aromatic carbocycles. The molecule has 15 heavy (non-hydrogen) atoms. The van der Waals surface area contributed by atoms with Crippen LogP contribution in [0.15, 0.2) is 4.99 Å². The van der Waals surface area contributed by atoms with E-state index in [1.54, 1.807) is 0 Å². The van der Waals surface area contributed by atoms with E-state index in [0.717, 1.165) is 24.3 Å². The van der Waals surface area contributed by atoms with E-state index in [1.807, 2.05) is 11.8 Å². The van der Waals surface area contributed by atoms with E-state index in [2.05, 4.69) is 36.2 Å². The maximum atomic E-state index is 4.58. The van der Waals surface area contributed by atoms with Crippen molar-refractivity contribution in [2.45, 2.75) is 31.1 Å². The van der Waals surface area contributed by atoms with E-state index in [4.69, 9.17) is 0 Å². The molecule has 1 N–H and O–H groups in total. The number of amidine groups is 1. The van der Waals surface area contributed by atoms with Gasteiger partial charge in [-0.3, -0.25) is 4.99 Å². The third-order valence-corrected chi connectivity index (χ3v) is 4.14. The number of nitrogens with zero attached hydrogens (tertiary/aromatic N) is 2. The van der Waals surface area contributed by atoms with Crippen molar-refractivity contribution < 1.29 is 0 Å². The van der Waals surface area contributed by atoms with Crippen LogP contribution in [0.5, 0.6) is 0 Å². The predicted octanol–water partition coefficient (Wildman–Crippen LogP) is 1.41. The molecule has 0 saturated heterocycles. The lowest BCUT2D eigenvalue weighted by molar-refractivity contribution is 0.370. The molecule has 86 valence electrons. The minimum atomic E-state index is 0.490. The second-order valence-electron chi connectivity index (χ2n) is 4.95. The highest BCUT2D eigenvalue weighted by Crippen LogP contribution is 2.41. The van der Waals surface area contributed by atoms with E-state index < -0.39 is 0 Å². The minimum Gasteiger partial charge on any atom is -0.361 e. The van der Waals surface area contributed by atoms with Gasteiger partial charge in [-0.25, -0.2) is 0 Å². The standard InChI is InChI=1S/C11H21N3S/c1-8(7-14(2)3)13-11-12-6-10(15-11)9-4-5-9/h8-10H,4-7H2,1-3H3,(H,12,13). The average molecular weight is 227 g/mol. The second kappa shape index (κ2) is 4.74. The molecule has 1 aliphatic carbocycles. The van der Waals surface area contributed by atoms with E-state index in [0.29, 0.717) is 6.04 Å². The average Bonchev–Trinajstić information content (AvgIpc) is 2.87. The summed E-state index contributed by atoms with van der Waals surface area (Å²) in [5.41, 5.74) is 0. The first-order valence-corrected chi connectivity index (χ1v) is 6.65. The summed E-state index contributed by atoms with van der Waals surface area (Å²) in [6.45, 7) is 4.31. The normalized spacial score (nSPS) is 28.0. The zero-order valence-corrected chi connectivity index (χ0v) is 10.7. The quantitative estimate of drug-likeness (QED) is 0.787. The molecule has 1 heterocycles. The first kappa shape index (κ1) is 11.3. The van der Waals surface area contributed by atoms with Gasteiger partial charge in [-0.05, 0) is 39.8 Å². The predicted molar refractivity (Wildman–Crippen MR) is 67.6 cm³/mol. The van der Waals surface area contributed by atoms with Gasteiger partial charge in [-0.15, -0.1) is 0 Å².